The van der Waals surface area contributed by atoms with Crippen molar-refractivity contribution in [3.63, 3.8) is 0 Å². The van der Waals surface area contributed by atoms with Gasteiger partial charge in [-0.3, -0.25) is 9.59 Å². The number of carbonyl (C=O) groups excluding carboxylic acids is 1. The van der Waals surface area contributed by atoms with Crippen molar-refractivity contribution in [2.45, 2.75) is 20.4 Å². The minimum absolute atomic E-state index is 0.197. The molecule has 3 N–H and O–H groups in total. The number of carboxylic acid groups (broad SMARTS) is 1. The Labute approximate surface area is 86.7 Å². The second-order valence-electron chi connectivity index (χ2n) is 3.65. The molecule has 0 saturated carbocycles. The van der Waals surface area contributed by atoms with Crippen molar-refractivity contribution >= 4 is 11.9 Å². The van der Waals surface area contributed by atoms with Gasteiger partial charge in [-0.2, -0.15) is 0 Å². The lowest BCUT2D eigenvalue weighted by atomic mass is 9.93. The third-order valence-electron chi connectivity index (χ3n) is 2.07. The van der Waals surface area contributed by atoms with Gasteiger partial charge in [0.1, 0.15) is 11.2 Å². The van der Waals surface area contributed by atoms with Crippen LogP contribution in [0, 0.1) is 5.41 Å². The second kappa shape index (κ2) is 4.12. The van der Waals surface area contributed by atoms with E-state index in [9.17, 15) is 9.59 Å². The normalized spacial score (nSPS) is 11.1. The topological polar surface area (TPSA) is 95.1 Å². The number of aliphatic carboxylic acids is 1. The van der Waals surface area contributed by atoms with Crippen molar-refractivity contribution < 1.29 is 14.7 Å². The summed E-state index contributed by atoms with van der Waals surface area (Å²) in [5.41, 5.74) is -1.42. The molecule has 0 unspecified atom stereocenters. The first kappa shape index (κ1) is 11.2. The van der Waals surface area contributed by atoms with Crippen LogP contribution < -0.4 is 5.32 Å². The van der Waals surface area contributed by atoms with Crippen LogP contribution in [0.15, 0.2) is 12.4 Å². The summed E-state index contributed by atoms with van der Waals surface area (Å²) in [5, 5.41) is 11.3. The van der Waals surface area contributed by atoms with Crippen LogP contribution in [0.25, 0.3) is 0 Å². The molecule has 0 fully saturated rings. The highest BCUT2D eigenvalue weighted by atomic mass is 16.4. The summed E-state index contributed by atoms with van der Waals surface area (Å²) in [6, 6.07) is 0. The fraction of sp³-hybridized carbons (Fsp3) is 0.444. The molecule has 0 spiro atoms. The molecule has 0 bridgehead atoms. The number of aromatic nitrogens is 2. The molecule has 6 nitrogen and oxygen atoms in total. The molecule has 0 aliphatic rings. The number of hydrogen-bond donors (Lipinski definition) is 3. The van der Waals surface area contributed by atoms with Crippen molar-refractivity contribution in [3.05, 3.63) is 18.2 Å². The van der Waals surface area contributed by atoms with E-state index in [1.54, 1.807) is 12.4 Å². The highest BCUT2D eigenvalue weighted by Crippen LogP contribution is 2.14. The van der Waals surface area contributed by atoms with Gasteiger partial charge in [-0.1, -0.05) is 0 Å². The average molecular weight is 211 g/mol. The fourth-order valence-corrected chi connectivity index (χ4v) is 0.877. The van der Waals surface area contributed by atoms with E-state index >= 15 is 0 Å². The van der Waals surface area contributed by atoms with Gasteiger partial charge < -0.3 is 15.4 Å². The van der Waals surface area contributed by atoms with E-state index in [2.05, 4.69) is 15.3 Å². The van der Waals surface area contributed by atoms with Gasteiger partial charge >= 0.3 is 5.97 Å². The lowest BCUT2D eigenvalue weighted by Gasteiger charge is -2.17. The van der Waals surface area contributed by atoms with Gasteiger partial charge in [0.15, 0.2) is 0 Å². The van der Waals surface area contributed by atoms with Gasteiger partial charge in [0.2, 0.25) is 5.91 Å². The molecular weight excluding hydrogens is 198 g/mol. The molecule has 0 aliphatic carbocycles. The largest absolute Gasteiger partial charge is 0.480 e. The molecule has 82 valence electrons. The Morgan fingerprint density at radius 1 is 1.60 bits per heavy atom. The van der Waals surface area contributed by atoms with Gasteiger partial charge in [0.05, 0.1) is 6.54 Å². The maximum Gasteiger partial charge on any atom is 0.318 e. The van der Waals surface area contributed by atoms with Gasteiger partial charge in [0, 0.05) is 12.4 Å². The summed E-state index contributed by atoms with van der Waals surface area (Å²) in [4.78, 5) is 28.9. The Balaban J connectivity index is 2.53. The van der Waals surface area contributed by atoms with Crippen LogP contribution in [0.1, 0.15) is 19.7 Å². The zero-order valence-corrected chi connectivity index (χ0v) is 8.57. The summed E-state index contributed by atoms with van der Waals surface area (Å²) < 4.78 is 0. The van der Waals surface area contributed by atoms with Crippen LogP contribution in [0.3, 0.4) is 0 Å². The van der Waals surface area contributed by atoms with E-state index in [4.69, 9.17) is 5.11 Å². The molecule has 0 saturated heterocycles. The third kappa shape index (κ3) is 2.55. The number of rotatable bonds is 4. The maximum absolute atomic E-state index is 11.5. The van der Waals surface area contributed by atoms with Gasteiger partial charge in [-0.25, -0.2) is 4.98 Å². The Hall–Kier alpha value is -1.85. The number of carboxylic acids is 1. The first-order chi connectivity index (χ1) is 6.94. The number of H-pyrrole nitrogens is 1. The number of nitrogens with zero attached hydrogens (tertiary/aromatic N) is 1. The molecule has 1 aromatic heterocycles. The zero-order valence-electron chi connectivity index (χ0n) is 8.57. The number of amides is 1. The fourth-order valence-electron chi connectivity index (χ4n) is 0.877. The average Bonchev–Trinajstić information content (AvgIpc) is 2.66. The van der Waals surface area contributed by atoms with Crippen molar-refractivity contribution in [2.24, 2.45) is 5.41 Å². The monoisotopic (exact) mass is 211 g/mol. The molecule has 1 amide bonds. The predicted molar refractivity (Wildman–Crippen MR) is 51.9 cm³/mol. The summed E-state index contributed by atoms with van der Waals surface area (Å²) in [6.45, 7) is 2.90. The first-order valence-corrected chi connectivity index (χ1v) is 4.44. The smallest absolute Gasteiger partial charge is 0.318 e. The number of imidazole rings is 1. The van der Waals surface area contributed by atoms with E-state index in [1.165, 1.54) is 13.8 Å². The summed E-state index contributed by atoms with van der Waals surface area (Å²) in [5.74, 6) is -1.10. The van der Waals surface area contributed by atoms with Crippen LogP contribution in [0.2, 0.25) is 0 Å². The van der Waals surface area contributed by atoms with Gasteiger partial charge in [-0.15, -0.1) is 0 Å². The SMILES string of the molecule is CC(C)(C(=O)O)C(=O)NCc1ncc[nH]1. The number of aromatic amines is 1. The standard InChI is InChI=1S/C9H13N3O3/c1-9(2,8(14)15)7(13)12-5-6-10-3-4-11-6/h3-4H,5H2,1-2H3,(H,10,11)(H,12,13)(H,14,15). The lowest BCUT2D eigenvalue weighted by molar-refractivity contribution is -0.153. The zero-order chi connectivity index (χ0) is 11.5. The minimum Gasteiger partial charge on any atom is -0.480 e. The molecule has 0 radical (unpaired) electrons. The molecular formula is C9H13N3O3. The first-order valence-electron chi connectivity index (χ1n) is 4.44. The molecule has 1 rings (SSSR count). The molecule has 0 aliphatic heterocycles. The molecule has 1 aromatic rings. The summed E-state index contributed by atoms with van der Waals surface area (Å²) in [6.07, 6.45) is 3.19. The Morgan fingerprint density at radius 2 is 2.27 bits per heavy atom. The maximum atomic E-state index is 11.5. The molecule has 0 atom stereocenters. The summed E-state index contributed by atoms with van der Waals surface area (Å²) in [7, 11) is 0. The quantitative estimate of drug-likeness (QED) is 0.617. The number of hydrogen-bond acceptors (Lipinski definition) is 3. The molecule has 15 heavy (non-hydrogen) atoms. The van der Waals surface area contributed by atoms with Crippen LogP contribution in [0.4, 0.5) is 0 Å². The highest BCUT2D eigenvalue weighted by molar-refractivity contribution is 6.00. The van der Waals surface area contributed by atoms with Crippen molar-refractivity contribution in [1.82, 2.24) is 15.3 Å². The number of nitrogens with one attached hydrogen (secondary N) is 2. The highest BCUT2D eigenvalue weighted by Gasteiger charge is 2.35. The molecule has 6 heteroatoms. The Bertz CT molecular complexity index is 357. The van der Waals surface area contributed by atoms with Crippen molar-refractivity contribution in [1.29, 1.82) is 0 Å². The predicted octanol–water partition coefficient (Wildman–Crippen LogP) is 0.137. The van der Waals surface area contributed by atoms with Gasteiger partial charge in [0.25, 0.3) is 0 Å². The molecule has 0 aromatic carbocycles. The van der Waals surface area contributed by atoms with Crippen molar-refractivity contribution in [2.75, 3.05) is 0 Å². The van der Waals surface area contributed by atoms with E-state index in [1.807, 2.05) is 0 Å². The van der Waals surface area contributed by atoms with Gasteiger partial charge in [-0.05, 0) is 13.8 Å². The van der Waals surface area contributed by atoms with E-state index in [0.29, 0.717) is 5.82 Å². The Morgan fingerprint density at radius 3 is 2.73 bits per heavy atom. The third-order valence-corrected chi connectivity index (χ3v) is 2.07. The van der Waals surface area contributed by atoms with E-state index in [0.717, 1.165) is 0 Å². The van der Waals surface area contributed by atoms with Crippen LogP contribution in [0.5, 0.6) is 0 Å². The van der Waals surface area contributed by atoms with E-state index < -0.39 is 17.3 Å². The number of carbonyl (C=O) groups is 2. The summed E-state index contributed by atoms with van der Waals surface area (Å²) >= 11 is 0. The Kier molecular flexibility index (Phi) is 3.08. The second-order valence-corrected chi connectivity index (χ2v) is 3.65. The van der Waals surface area contributed by atoms with Crippen molar-refractivity contribution in [3.8, 4) is 0 Å². The van der Waals surface area contributed by atoms with Crippen LogP contribution in [-0.2, 0) is 16.1 Å². The van der Waals surface area contributed by atoms with E-state index in [-0.39, 0.29) is 6.54 Å². The van der Waals surface area contributed by atoms with Crippen LogP contribution >= 0.6 is 0 Å². The lowest BCUT2D eigenvalue weighted by Crippen LogP contribution is -2.42. The minimum atomic E-state index is -1.42. The molecule has 1 heterocycles. The van der Waals surface area contributed by atoms with Crippen LogP contribution in [-0.4, -0.2) is 27.0 Å².